The normalized spacial score (nSPS) is 10.7. The van der Waals surface area contributed by atoms with Crippen molar-refractivity contribution < 1.29 is 4.79 Å². The third-order valence-corrected chi connectivity index (χ3v) is 5.31. The Morgan fingerprint density at radius 1 is 0.714 bits per heavy atom. The van der Waals surface area contributed by atoms with Crippen molar-refractivity contribution >= 4 is 45.5 Å². The summed E-state index contributed by atoms with van der Waals surface area (Å²) in [6.07, 6.45) is 3.40. The van der Waals surface area contributed by atoms with Gasteiger partial charge in [0.25, 0.3) is 5.91 Å². The summed E-state index contributed by atoms with van der Waals surface area (Å²) in [7, 11) is 0. The van der Waals surface area contributed by atoms with Gasteiger partial charge in [0.2, 0.25) is 0 Å². The van der Waals surface area contributed by atoms with Crippen LogP contribution in [-0.2, 0) is 0 Å². The highest BCUT2D eigenvalue weighted by atomic mass is 16.1. The number of anilines is 5. The molecular formula is C27H23N7O. The van der Waals surface area contributed by atoms with Crippen molar-refractivity contribution in [2.45, 2.75) is 13.8 Å². The lowest BCUT2D eigenvalue weighted by atomic mass is 10.1. The van der Waals surface area contributed by atoms with E-state index in [0.717, 1.165) is 27.8 Å². The Balaban J connectivity index is 1.29. The molecule has 0 atom stereocenters. The molecule has 0 radical (unpaired) electrons. The average Bonchev–Trinajstić information content (AvgIpc) is 2.84. The largest absolute Gasteiger partial charge is 0.340 e. The van der Waals surface area contributed by atoms with Crippen LogP contribution >= 0.6 is 0 Å². The van der Waals surface area contributed by atoms with Crippen molar-refractivity contribution in [2.24, 2.45) is 0 Å². The average molecular weight is 462 g/mol. The minimum Gasteiger partial charge on any atom is -0.340 e. The second-order valence-corrected chi connectivity index (χ2v) is 8.07. The zero-order valence-electron chi connectivity index (χ0n) is 19.3. The molecule has 8 heteroatoms. The summed E-state index contributed by atoms with van der Waals surface area (Å²) in [5.74, 6) is 2.37. The number of carbonyl (C=O) groups excluding carboxylic acids is 1. The van der Waals surface area contributed by atoms with Crippen molar-refractivity contribution in [3.05, 3.63) is 102 Å². The summed E-state index contributed by atoms with van der Waals surface area (Å²) in [6.45, 7) is 3.84. The van der Waals surface area contributed by atoms with Crippen LogP contribution in [0.3, 0.4) is 0 Å². The first-order valence-electron chi connectivity index (χ1n) is 11.1. The SMILES string of the molecule is Cc1ccnc(Nc2cc(Nc3ccc(NC(=O)c4nccc5ccccc45)cc3)nc(C)n2)c1. The lowest BCUT2D eigenvalue weighted by molar-refractivity contribution is 0.102. The molecule has 172 valence electrons. The molecule has 0 fully saturated rings. The molecule has 3 N–H and O–H groups in total. The van der Waals surface area contributed by atoms with Gasteiger partial charge < -0.3 is 16.0 Å². The minimum absolute atomic E-state index is 0.255. The maximum atomic E-state index is 12.8. The van der Waals surface area contributed by atoms with Gasteiger partial charge in [0, 0.05) is 35.2 Å². The van der Waals surface area contributed by atoms with E-state index in [1.165, 1.54) is 0 Å². The number of hydrogen-bond acceptors (Lipinski definition) is 7. The van der Waals surface area contributed by atoms with Gasteiger partial charge >= 0.3 is 0 Å². The van der Waals surface area contributed by atoms with Crippen LogP contribution in [0, 0.1) is 13.8 Å². The van der Waals surface area contributed by atoms with E-state index in [2.05, 4.69) is 35.9 Å². The number of nitrogens with one attached hydrogen (secondary N) is 3. The minimum atomic E-state index is -0.255. The van der Waals surface area contributed by atoms with E-state index in [-0.39, 0.29) is 5.91 Å². The molecule has 0 bridgehead atoms. The molecule has 0 aliphatic rings. The smallest absolute Gasteiger partial charge is 0.274 e. The zero-order valence-corrected chi connectivity index (χ0v) is 19.3. The van der Waals surface area contributed by atoms with Gasteiger partial charge in [-0.1, -0.05) is 24.3 Å². The number of aromatic nitrogens is 4. The number of nitrogens with zero attached hydrogens (tertiary/aromatic N) is 4. The van der Waals surface area contributed by atoms with Crippen LogP contribution < -0.4 is 16.0 Å². The van der Waals surface area contributed by atoms with Crippen molar-refractivity contribution in [1.82, 2.24) is 19.9 Å². The molecule has 0 unspecified atom stereocenters. The molecule has 2 aromatic carbocycles. The third kappa shape index (κ3) is 5.22. The number of aryl methyl sites for hydroxylation is 2. The summed E-state index contributed by atoms with van der Waals surface area (Å²) in [5.41, 5.74) is 2.99. The Morgan fingerprint density at radius 2 is 1.43 bits per heavy atom. The van der Waals surface area contributed by atoms with Crippen LogP contribution in [-0.4, -0.2) is 25.8 Å². The van der Waals surface area contributed by atoms with Gasteiger partial charge in [-0.15, -0.1) is 0 Å². The first-order valence-corrected chi connectivity index (χ1v) is 11.1. The second kappa shape index (κ2) is 9.56. The summed E-state index contributed by atoms with van der Waals surface area (Å²) < 4.78 is 0. The monoisotopic (exact) mass is 461 g/mol. The molecule has 0 saturated carbocycles. The number of amides is 1. The summed E-state index contributed by atoms with van der Waals surface area (Å²) in [4.78, 5) is 30.3. The van der Waals surface area contributed by atoms with Crippen LogP contribution in [0.15, 0.2) is 85.2 Å². The van der Waals surface area contributed by atoms with Crippen molar-refractivity contribution in [3.8, 4) is 0 Å². The van der Waals surface area contributed by atoms with Gasteiger partial charge in [0.15, 0.2) is 0 Å². The van der Waals surface area contributed by atoms with Crippen LogP contribution in [0.25, 0.3) is 10.8 Å². The van der Waals surface area contributed by atoms with E-state index in [1.807, 2.05) is 86.6 Å². The lowest BCUT2D eigenvalue weighted by Gasteiger charge is -2.11. The second-order valence-electron chi connectivity index (χ2n) is 8.07. The molecule has 0 aliphatic carbocycles. The Kier molecular flexibility index (Phi) is 6.00. The van der Waals surface area contributed by atoms with E-state index >= 15 is 0 Å². The van der Waals surface area contributed by atoms with Crippen LogP contribution in [0.2, 0.25) is 0 Å². The molecule has 5 aromatic rings. The van der Waals surface area contributed by atoms with Crippen LogP contribution in [0.5, 0.6) is 0 Å². The highest BCUT2D eigenvalue weighted by molar-refractivity contribution is 6.11. The van der Waals surface area contributed by atoms with Crippen molar-refractivity contribution in [2.75, 3.05) is 16.0 Å². The summed E-state index contributed by atoms with van der Waals surface area (Å²) in [5, 5.41) is 11.2. The van der Waals surface area contributed by atoms with E-state index < -0.39 is 0 Å². The number of rotatable bonds is 6. The molecular weight excluding hydrogens is 438 g/mol. The Morgan fingerprint density at radius 3 is 2.23 bits per heavy atom. The number of pyridine rings is 2. The first-order chi connectivity index (χ1) is 17.0. The Hall–Kier alpha value is -4.85. The molecule has 0 saturated heterocycles. The Bertz CT molecular complexity index is 1510. The number of benzene rings is 2. The standard InChI is InChI=1S/C27H23N7O/c1-17-11-13-28-23(15-17)34-25-16-24(30-18(2)31-25)32-20-7-9-21(10-8-20)33-27(35)26-22-6-4-3-5-19(22)12-14-29-26/h3-16H,1-2H3,(H,33,35)(H2,28,30,31,32,34). The topological polar surface area (TPSA) is 105 Å². The van der Waals surface area contributed by atoms with Gasteiger partial charge in [0.05, 0.1) is 0 Å². The molecule has 8 nitrogen and oxygen atoms in total. The van der Waals surface area contributed by atoms with Gasteiger partial charge in [-0.05, 0) is 67.3 Å². The van der Waals surface area contributed by atoms with Crippen LogP contribution in [0.1, 0.15) is 21.9 Å². The molecule has 3 heterocycles. The maximum absolute atomic E-state index is 12.8. The number of hydrogen-bond donors (Lipinski definition) is 3. The van der Waals surface area contributed by atoms with Crippen molar-refractivity contribution in [1.29, 1.82) is 0 Å². The molecule has 35 heavy (non-hydrogen) atoms. The predicted molar refractivity (Wildman–Crippen MR) is 138 cm³/mol. The van der Waals surface area contributed by atoms with E-state index in [0.29, 0.717) is 28.8 Å². The fraction of sp³-hybridized carbons (Fsp3) is 0.0741. The van der Waals surface area contributed by atoms with Gasteiger partial charge in [-0.3, -0.25) is 9.78 Å². The number of fused-ring (bicyclic) bond motifs is 1. The lowest BCUT2D eigenvalue weighted by Crippen LogP contribution is -2.14. The fourth-order valence-corrected chi connectivity index (χ4v) is 3.71. The molecule has 1 amide bonds. The quantitative estimate of drug-likeness (QED) is 0.294. The molecule has 0 spiro atoms. The summed E-state index contributed by atoms with van der Waals surface area (Å²) in [6, 6.07) is 22.7. The highest BCUT2D eigenvalue weighted by Crippen LogP contribution is 2.22. The zero-order chi connectivity index (χ0) is 24.2. The van der Waals surface area contributed by atoms with Gasteiger partial charge in [-0.2, -0.15) is 0 Å². The third-order valence-electron chi connectivity index (χ3n) is 5.31. The maximum Gasteiger partial charge on any atom is 0.274 e. The van der Waals surface area contributed by atoms with Crippen LogP contribution in [0.4, 0.5) is 28.8 Å². The van der Waals surface area contributed by atoms with E-state index in [1.54, 1.807) is 12.4 Å². The molecule has 0 aliphatic heterocycles. The fourth-order valence-electron chi connectivity index (χ4n) is 3.71. The molecule has 5 rings (SSSR count). The van der Waals surface area contributed by atoms with E-state index in [9.17, 15) is 4.79 Å². The molecule has 3 aromatic heterocycles. The first kappa shape index (κ1) is 22.0. The Labute approximate surface area is 202 Å². The van der Waals surface area contributed by atoms with E-state index in [4.69, 9.17) is 0 Å². The summed E-state index contributed by atoms with van der Waals surface area (Å²) >= 11 is 0. The highest BCUT2D eigenvalue weighted by Gasteiger charge is 2.12. The van der Waals surface area contributed by atoms with Gasteiger partial charge in [0.1, 0.15) is 29.0 Å². The van der Waals surface area contributed by atoms with Gasteiger partial charge in [-0.25, -0.2) is 15.0 Å². The van der Waals surface area contributed by atoms with Crippen molar-refractivity contribution in [3.63, 3.8) is 0 Å². The predicted octanol–water partition coefficient (Wildman–Crippen LogP) is 5.78. The number of carbonyl (C=O) groups is 1.